The van der Waals surface area contributed by atoms with E-state index in [1.807, 2.05) is 0 Å². The number of amides is 1. The van der Waals surface area contributed by atoms with E-state index >= 15 is 0 Å². The van der Waals surface area contributed by atoms with Crippen LogP contribution in [0.4, 0.5) is 5.13 Å². The Morgan fingerprint density at radius 2 is 2.35 bits per heavy atom. The average Bonchev–Trinajstić information content (AvgIpc) is 3.11. The van der Waals surface area contributed by atoms with Crippen molar-refractivity contribution in [1.29, 1.82) is 0 Å². The van der Waals surface area contributed by atoms with E-state index in [1.54, 1.807) is 42.1 Å². The first-order valence-electron chi connectivity index (χ1n) is 6.42. The van der Waals surface area contributed by atoms with Gasteiger partial charge in [0.05, 0.1) is 11.1 Å². The third kappa shape index (κ3) is 3.45. The van der Waals surface area contributed by atoms with Gasteiger partial charge in [-0.05, 0) is 26.0 Å². The highest BCUT2D eigenvalue weighted by molar-refractivity contribution is 7.17. The summed E-state index contributed by atoms with van der Waals surface area (Å²) in [6, 6.07) is 3.45. The minimum atomic E-state index is -0.264. The molecule has 0 aromatic carbocycles. The van der Waals surface area contributed by atoms with Gasteiger partial charge in [-0.2, -0.15) is 5.10 Å². The van der Waals surface area contributed by atoms with Crippen molar-refractivity contribution in [2.45, 2.75) is 13.8 Å². The molecule has 20 heavy (non-hydrogen) atoms. The molecule has 0 aliphatic rings. The summed E-state index contributed by atoms with van der Waals surface area (Å²) in [5, 5.41) is 4.89. The molecule has 2 aromatic heterocycles. The van der Waals surface area contributed by atoms with Crippen LogP contribution >= 0.6 is 11.3 Å². The number of nitrogens with one attached hydrogen (secondary N) is 2. The monoisotopic (exact) mass is 291 g/mol. The minimum absolute atomic E-state index is 0.264. The molecule has 0 bridgehead atoms. The number of aromatic nitrogens is 2. The first-order chi connectivity index (χ1) is 9.74. The van der Waals surface area contributed by atoms with Crippen molar-refractivity contribution in [3.8, 4) is 0 Å². The fourth-order valence-corrected chi connectivity index (χ4v) is 2.58. The number of thiazole rings is 1. The van der Waals surface area contributed by atoms with Crippen molar-refractivity contribution in [1.82, 2.24) is 15.4 Å². The lowest BCUT2D eigenvalue weighted by Gasteiger charge is -2.16. The maximum absolute atomic E-state index is 11.6. The van der Waals surface area contributed by atoms with Gasteiger partial charge in [0.2, 0.25) is 0 Å². The molecular formula is C13H17N5OS. The van der Waals surface area contributed by atoms with E-state index in [0.29, 0.717) is 5.69 Å². The summed E-state index contributed by atoms with van der Waals surface area (Å²) in [6.45, 7) is 6.03. The first kappa shape index (κ1) is 14.3. The topological polar surface area (TPSA) is 73.4 Å². The fourth-order valence-electron chi connectivity index (χ4n) is 1.66. The third-order valence-corrected chi connectivity index (χ3v) is 3.74. The lowest BCUT2D eigenvalue weighted by atomic mass is 10.4. The lowest BCUT2D eigenvalue weighted by molar-refractivity contribution is 0.0951. The third-order valence-electron chi connectivity index (χ3n) is 2.75. The first-order valence-corrected chi connectivity index (χ1v) is 7.23. The van der Waals surface area contributed by atoms with Crippen LogP contribution in [0, 0.1) is 0 Å². The van der Waals surface area contributed by atoms with Crippen molar-refractivity contribution in [3.63, 3.8) is 0 Å². The zero-order chi connectivity index (χ0) is 14.4. The number of H-pyrrole nitrogens is 1. The van der Waals surface area contributed by atoms with Crippen molar-refractivity contribution in [2.24, 2.45) is 5.10 Å². The van der Waals surface area contributed by atoms with Crippen molar-refractivity contribution < 1.29 is 4.79 Å². The Morgan fingerprint density at radius 1 is 1.55 bits per heavy atom. The van der Waals surface area contributed by atoms with Gasteiger partial charge in [0.1, 0.15) is 5.69 Å². The quantitative estimate of drug-likeness (QED) is 0.632. The molecule has 0 fully saturated rings. The van der Waals surface area contributed by atoms with Crippen LogP contribution in [0.25, 0.3) is 0 Å². The number of hydrazone groups is 1. The Bertz CT molecular complexity index is 571. The lowest BCUT2D eigenvalue weighted by Crippen LogP contribution is -2.21. The summed E-state index contributed by atoms with van der Waals surface area (Å²) in [4.78, 5) is 21.9. The van der Waals surface area contributed by atoms with E-state index in [-0.39, 0.29) is 5.91 Å². The number of rotatable bonds is 6. The fraction of sp³-hybridized carbons (Fsp3) is 0.308. The summed E-state index contributed by atoms with van der Waals surface area (Å²) in [6.07, 6.45) is 5.05. The Kier molecular flexibility index (Phi) is 4.89. The highest BCUT2D eigenvalue weighted by atomic mass is 32.1. The van der Waals surface area contributed by atoms with Gasteiger partial charge in [0, 0.05) is 25.5 Å². The Hall–Kier alpha value is -2.15. The highest BCUT2D eigenvalue weighted by Gasteiger charge is 2.07. The summed E-state index contributed by atoms with van der Waals surface area (Å²) >= 11 is 1.55. The molecule has 7 heteroatoms. The summed E-state index contributed by atoms with van der Waals surface area (Å²) in [7, 11) is 0. The molecule has 0 spiro atoms. The second-order valence-corrected chi connectivity index (χ2v) is 5.04. The van der Waals surface area contributed by atoms with Crippen LogP contribution in [0.1, 0.15) is 29.2 Å². The second kappa shape index (κ2) is 6.85. The van der Waals surface area contributed by atoms with Gasteiger partial charge in [0.15, 0.2) is 5.13 Å². The Labute approximate surface area is 121 Å². The molecule has 2 aromatic rings. The van der Waals surface area contributed by atoms with Gasteiger partial charge in [-0.15, -0.1) is 0 Å². The van der Waals surface area contributed by atoms with Gasteiger partial charge in [-0.3, -0.25) is 4.79 Å². The number of carbonyl (C=O) groups is 1. The van der Waals surface area contributed by atoms with Crippen LogP contribution in [-0.4, -0.2) is 35.2 Å². The van der Waals surface area contributed by atoms with Crippen molar-refractivity contribution in [2.75, 3.05) is 18.0 Å². The molecular weight excluding hydrogens is 274 g/mol. The average molecular weight is 291 g/mol. The van der Waals surface area contributed by atoms with Gasteiger partial charge >= 0.3 is 0 Å². The van der Waals surface area contributed by atoms with Crippen molar-refractivity contribution >= 4 is 28.6 Å². The summed E-state index contributed by atoms with van der Waals surface area (Å²) < 4.78 is 0. The van der Waals surface area contributed by atoms with E-state index in [2.05, 4.69) is 39.2 Å². The van der Waals surface area contributed by atoms with Crippen LogP contribution < -0.4 is 10.3 Å². The van der Waals surface area contributed by atoms with E-state index < -0.39 is 0 Å². The Morgan fingerprint density at radius 3 is 3.00 bits per heavy atom. The number of anilines is 1. The van der Waals surface area contributed by atoms with Gasteiger partial charge in [-0.25, -0.2) is 10.4 Å². The molecule has 0 aliphatic carbocycles. The normalized spacial score (nSPS) is 10.9. The predicted molar refractivity (Wildman–Crippen MR) is 81.5 cm³/mol. The largest absolute Gasteiger partial charge is 0.357 e. The molecule has 0 atom stereocenters. The zero-order valence-electron chi connectivity index (χ0n) is 11.5. The SMILES string of the molecule is CCN(CC)c1ncc(/C=N\NC(=O)c2ccc[nH]2)s1. The number of hydrogen-bond donors (Lipinski definition) is 2. The minimum Gasteiger partial charge on any atom is -0.357 e. The number of nitrogens with zero attached hydrogens (tertiary/aromatic N) is 3. The molecule has 2 N–H and O–H groups in total. The van der Waals surface area contributed by atoms with Gasteiger partial charge in [0.25, 0.3) is 5.91 Å². The molecule has 106 valence electrons. The molecule has 2 rings (SSSR count). The van der Waals surface area contributed by atoms with Crippen molar-refractivity contribution in [3.05, 3.63) is 35.1 Å². The number of hydrogen-bond acceptors (Lipinski definition) is 5. The summed E-state index contributed by atoms with van der Waals surface area (Å²) in [5.74, 6) is -0.264. The number of aromatic amines is 1. The Balaban J connectivity index is 1.93. The van der Waals surface area contributed by atoms with Gasteiger partial charge in [-0.1, -0.05) is 11.3 Å². The summed E-state index contributed by atoms with van der Waals surface area (Å²) in [5.41, 5.74) is 2.95. The maximum atomic E-state index is 11.6. The molecule has 0 saturated carbocycles. The van der Waals surface area contributed by atoms with Crippen LogP contribution in [0.5, 0.6) is 0 Å². The predicted octanol–water partition coefficient (Wildman–Crippen LogP) is 2.08. The maximum Gasteiger partial charge on any atom is 0.287 e. The standard InChI is InChI=1S/C13H17N5OS/c1-3-18(4-2)13-15-8-10(20-13)9-16-17-12(19)11-6-5-7-14-11/h5-9,14H,3-4H2,1-2H3,(H,17,19)/b16-9-. The van der Waals surface area contributed by atoms with Crippen LogP contribution in [0.2, 0.25) is 0 Å². The smallest absolute Gasteiger partial charge is 0.287 e. The number of carbonyl (C=O) groups excluding carboxylic acids is 1. The molecule has 0 radical (unpaired) electrons. The molecule has 0 saturated heterocycles. The van der Waals surface area contributed by atoms with E-state index in [0.717, 1.165) is 23.1 Å². The molecule has 0 aliphatic heterocycles. The molecule has 6 nitrogen and oxygen atoms in total. The second-order valence-electron chi connectivity index (χ2n) is 4.00. The zero-order valence-corrected chi connectivity index (χ0v) is 12.3. The van der Waals surface area contributed by atoms with Crippen LogP contribution in [-0.2, 0) is 0 Å². The molecule has 0 unspecified atom stereocenters. The van der Waals surface area contributed by atoms with E-state index in [1.165, 1.54) is 0 Å². The molecule has 2 heterocycles. The van der Waals surface area contributed by atoms with Crippen LogP contribution in [0.3, 0.4) is 0 Å². The van der Waals surface area contributed by atoms with E-state index in [9.17, 15) is 4.79 Å². The van der Waals surface area contributed by atoms with Gasteiger partial charge < -0.3 is 9.88 Å². The van der Waals surface area contributed by atoms with Crippen LogP contribution in [0.15, 0.2) is 29.6 Å². The molecule has 1 amide bonds. The van der Waals surface area contributed by atoms with E-state index in [4.69, 9.17) is 0 Å². The highest BCUT2D eigenvalue weighted by Crippen LogP contribution is 2.20.